The Kier molecular flexibility index (Phi) is 4.17. The third-order valence-electron chi connectivity index (χ3n) is 2.50. The van der Waals surface area contributed by atoms with E-state index in [4.69, 9.17) is 15.2 Å². The number of amides is 1. The van der Waals surface area contributed by atoms with Gasteiger partial charge in [-0.2, -0.15) is 0 Å². The van der Waals surface area contributed by atoms with E-state index >= 15 is 0 Å². The number of ether oxygens (including phenoxy) is 2. The van der Waals surface area contributed by atoms with Gasteiger partial charge in [-0.25, -0.2) is 0 Å². The maximum atomic E-state index is 11.0. The minimum atomic E-state index is -0.315. The molecule has 1 aromatic carbocycles. The lowest BCUT2D eigenvalue weighted by atomic mass is 9.99. The van der Waals surface area contributed by atoms with Crippen molar-refractivity contribution in [2.75, 3.05) is 14.2 Å². The van der Waals surface area contributed by atoms with Crippen LogP contribution in [-0.4, -0.2) is 20.1 Å². The molecule has 0 spiro atoms. The minimum absolute atomic E-state index is 0.221. The van der Waals surface area contributed by atoms with Gasteiger partial charge >= 0.3 is 0 Å². The van der Waals surface area contributed by atoms with E-state index in [0.29, 0.717) is 6.42 Å². The zero-order chi connectivity index (χ0) is 12.1. The van der Waals surface area contributed by atoms with Crippen LogP contribution in [0.2, 0.25) is 0 Å². The van der Waals surface area contributed by atoms with Crippen LogP contribution in [0.25, 0.3) is 0 Å². The topological polar surface area (TPSA) is 61.6 Å². The summed E-state index contributed by atoms with van der Waals surface area (Å²) in [5, 5.41) is 0. The van der Waals surface area contributed by atoms with Gasteiger partial charge in [0.2, 0.25) is 5.91 Å². The van der Waals surface area contributed by atoms with Gasteiger partial charge in [-0.1, -0.05) is 6.92 Å². The lowest BCUT2D eigenvalue weighted by Gasteiger charge is -2.12. The molecule has 88 valence electrons. The quantitative estimate of drug-likeness (QED) is 0.820. The van der Waals surface area contributed by atoms with Gasteiger partial charge in [-0.05, 0) is 30.2 Å². The van der Waals surface area contributed by atoms with Crippen molar-refractivity contribution in [1.29, 1.82) is 0 Å². The number of methoxy groups -OCH3 is 2. The number of rotatable bonds is 5. The molecule has 0 saturated heterocycles. The van der Waals surface area contributed by atoms with Gasteiger partial charge in [0.05, 0.1) is 14.2 Å². The Morgan fingerprint density at radius 2 is 2.06 bits per heavy atom. The molecule has 0 heterocycles. The van der Waals surface area contributed by atoms with Gasteiger partial charge < -0.3 is 15.2 Å². The summed E-state index contributed by atoms with van der Waals surface area (Å²) in [6, 6.07) is 5.50. The standard InChI is InChI=1S/C12H17NO3/c1-8(12(13)14)6-9-7-10(15-2)4-5-11(9)16-3/h4-5,7-8H,6H2,1-3H3,(H2,13,14). The molecule has 0 aliphatic rings. The summed E-state index contributed by atoms with van der Waals surface area (Å²) in [6.07, 6.45) is 0.551. The Bertz CT molecular complexity index is 377. The summed E-state index contributed by atoms with van der Waals surface area (Å²) in [5.41, 5.74) is 6.16. The van der Waals surface area contributed by atoms with Crippen molar-refractivity contribution in [3.05, 3.63) is 23.8 Å². The van der Waals surface area contributed by atoms with Gasteiger partial charge in [-0.15, -0.1) is 0 Å². The number of hydrogen-bond donors (Lipinski definition) is 1. The zero-order valence-electron chi connectivity index (χ0n) is 9.82. The Morgan fingerprint density at radius 3 is 2.56 bits per heavy atom. The van der Waals surface area contributed by atoms with Gasteiger partial charge in [0.15, 0.2) is 0 Å². The lowest BCUT2D eigenvalue weighted by Crippen LogP contribution is -2.22. The number of carbonyl (C=O) groups excluding carboxylic acids is 1. The fraction of sp³-hybridized carbons (Fsp3) is 0.417. The number of carbonyl (C=O) groups is 1. The van der Waals surface area contributed by atoms with Crippen molar-refractivity contribution < 1.29 is 14.3 Å². The van der Waals surface area contributed by atoms with Crippen molar-refractivity contribution >= 4 is 5.91 Å². The van der Waals surface area contributed by atoms with E-state index in [1.165, 1.54) is 0 Å². The second-order valence-corrected chi connectivity index (χ2v) is 3.69. The maximum absolute atomic E-state index is 11.0. The molecule has 4 nitrogen and oxygen atoms in total. The summed E-state index contributed by atoms with van der Waals surface area (Å²) in [7, 11) is 3.20. The van der Waals surface area contributed by atoms with Crippen LogP contribution in [0.5, 0.6) is 11.5 Å². The van der Waals surface area contributed by atoms with E-state index in [-0.39, 0.29) is 11.8 Å². The Morgan fingerprint density at radius 1 is 1.38 bits per heavy atom. The number of primary amides is 1. The molecule has 0 saturated carbocycles. The average Bonchev–Trinajstić information content (AvgIpc) is 2.28. The molecule has 0 aliphatic heterocycles. The van der Waals surface area contributed by atoms with Crippen molar-refractivity contribution in [1.82, 2.24) is 0 Å². The van der Waals surface area contributed by atoms with E-state index in [1.54, 1.807) is 21.1 Å². The highest BCUT2D eigenvalue weighted by molar-refractivity contribution is 5.76. The van der Waals surface area contributed by atoms with Crippen LogP contribution in [0.1, 0.15) is 12.5 Å². The van der Waals surface area contributed by atoms with Gasteiger partial charge in [0.1, 0.15) is 11.5 Å². The highest BCUT2D eigenvalue weighted by atomic mass is 16.5. The van der Waals surface area contributed by atoms with Crippen molar-refractivity contribution in [3.8, 4) is 11.5 Å². The number of nitrogens with two attached hydrogens (primary N) is 1. The van der Waals surface area contributed by atoms with E-state index in [9.17, 15) is 4.79 Å². The van der Waals surface area contributed by atoms with Crippen molar-refractivity contribution in [2.24, 2.45) is 11.7 Å². The third kappa shape index (κ3) is 2.89. The normalized spacial score (nSPS) is 11.9. The summed E-state index contributed by atoms with van der Waals surface area (Å²) < 4.78 is 10.3. The predicted octanol–water partition coefficient (Wildman–Crippen LogP) is 1.37. The van der Waals surface area contributed by atoms with Gasteiger partial charge in [-0.3, -0.25) is 4.79 Å². The highest BCUT2D eigenvalue weighted by Crippen LogP contribution is 2.26. The van der Waals surface area contributed by atoms with Crippen LogP contribution in [0.4, 0.5) is 0 Å². The fourth-order valence-corrected chi connectivity index (χ4v) is 1.47. The van der Waals surface area contributed by atoms with E-state index in [2.05, 4.69) is 0 Å². The Hall–Kier alpha value is -1.71. The molecule has 0 bridgehead atoms. The SMILES string of the molecule is COc1ccc(OC)c(CC(C)C(N)=O)c1. The molecule has 1 atom stereocenters. The molecule has 1 aromatic rings. The second-order valence-electron chi connectivity index (χ2n) is 3.69. The molecular weight excluding hydrogens is 206 g/mol. The van der Waals surface area contributed by atoms with Crippen LogP contribution in [-0.2, 0) is 11.2 Å². The van der Waals surface area contributed by atoms with E-state index in [0.717, 1.165) is 17.1 Å². The molecule has 4 heteroatoms. The first kappa shape index (κ1) is 12.4. The Labute approximate surface area is 95.3 Å². The largest absolute Gasteiger partial charge is 0.497 e. The van der Waals surface area contributed by atoms with Crippen LogP contribution in [0, 0.1) is 5.92 Å². The van der Waals surface area contributed by atoms with Crippen LogP contribution in [0.15, 0.2) is 18.2 Å². The lowest BCUT2D eigenvalue weighted by molar-refractivity contribution is -0.121. The maximum Gasteiger partial charge on any atom is 0.220 e. The number of benzene rings is 1. The van der Waals surface area contributed by atoms with Crippen LogP contribution >= 0.6 is 0 Å². The summed E-state index contributed by atoms with van der Waals surface area (Å²) in [6.45, 7) is 1.79. The molecule has 0 aromatic heterocycles. The monoisotopic (exact) mass is 223 g/mol. The first-order chi connectivity index (χ1) is 7.58. The molecule has 1 rings (SSSR count). The first-order valence-corrected chi connectivity index (χ1v) is 5.08. The smallest absolute Gasteiger partial charge is 0.220 e. The molecule has 1 unspecified atom stereocenters. The summed E-state index contributed by atoms with van der Waals surface area (Å²) in [4.78, 5) is 11.0. The van der Waals surface area contributed by atoms with Gasteiger partial charge in [0, 0.05) is 5.92 Å². The molecule has 0 aliphatic carbocycles. The van der Waals surface area contributed by atoms with Gasteiger partial charge in [0.25, 0.3) is 0 Å². The van der Waals surface area contributed by atoms with Crippen molar-refractivity contribution in [2.45, 2.75) is 13.3 Å². The summed E-state index contributed by atoms with van der Waals surface area (Å²) >= 11 is 0. The molecule has 0 radical (unpaired) electrons. The average molecular weight is 223 g/mol. The highest BCUT2D eigenvalue weighted by Gasteiger charge is 2.13. The summed E-state index contributed by atoms with van der Waals surface area (Å²) in [5.74, 6) is 0.951. The molecule has 2 N–H and O–H groups in total. The third-order valence-corrected chi connectivity index (χ3v) is 2.50. The molecule has 0 fully saturated rings. The fourth-order valence-electron chi connectivity index (χ4n) is 1.47. The second kappa shape index (κ2) is 5.39. The van der Waals surface area contributed by atoms with Crippen molar-refractivity contribution in [3.63, 3.8) is 0 Å². The van der Waals surface area contributed by atoms with Crippen LogP contribution in [0.3, 0.4) is 0 Å². The number of hydrogen-bond acceptors (Lipinski definition) is 3. The Balaban J connectivity index is 2.95. The molecular formula is C12H17NO3. The predicted molar refractivity (Wildman–Crippen MR) is 61.6 cm³/mol. The van der Waals surface area contributed by atoms with E-state index in [1.807, 2.05) is 18.2 Å². The van der Waals surface area contributed by atoms with E-state index < -0.39 is 0 Å². The molecule has 1 amide bonds. The first-order valence-electron chi connectivity index (χ1n) is 5.08. The molecule has 16 heavy (non-hydrogen) atoms. The van der Waals surface area contributed by atoms with Crippen LogP contribution < -0.4 is 15.2 Å². The zero-order valence-corrected chi connectivity index (χ0v) is 9.82. The minimum Gasteiger partial charge on any atom is -0.497 e.